The molecule has 5 nitrogen and oxygen atoms in total. The zero-order chi connectivity index (χ0) is 16.9. The van der Waals surface area contributed by atoms with E-state index in [0.717, 1.165) is 22.2 Å². The van der Waals surface area contributed by atoms with Crippen molar-refractivity contribution in [3.8, 4) is 0 Å². The van der Waals surface area contributed by atoms with Gasteiger partial charge in [-0.25, -0.2) is 4.79 Å². The van der Waals surface area contributed by atoms with Gasteiger partial charge in [-0.05, 0) is 43.2 Å². The number of aliphatic hydroxyl groups excluding tert-OH is 1. The molecule has 0 aliphatic carbocycles. The second kappa shape index (κ2) is 7.19. The number of benzene rings is 2. The van der Waals surface area contributed by atoms with Gasteiger partial charge in [0.2, 0.25) is 0 Å². The van der Waals surface area contributed by atoms with E-state index in [0.29, 0.717) is 6.42 Å². The van der Waals surface area contributed by atoms with Crippen LogP contribution in [0.25, 0.3) is 10.9 Å². The van der Waals surface area contributed by atoms with Crippen LogP contribution in [0.3, 0.4) is 0 Å². The number of urea groups is 1. The van der Waals surface area contributed by atoms with E-state index < -0.39 is 6.10 Å². The first-order valence-electron chi connectivity index (χ1n) is 7.99. The van der Waals surface area contributed by atoms with Crippen LogP contribution in [0.15, 0.2) is 60.8 Å². The Labute approximate surface area is 140 Å². The summed E-state index contributed by atoms with van der Waals surface area (Å²) in [6.07, 6.45) is 1.72. The number of carbonyl (C=O) groups excluding carboxylic acids is 1. The van der Waals surface area contributed by atoms with E-state index in [9.17, 15) is 9.90 Å². The maximum atomic E-state index is 12.1. The summed E-state index contributed by atoms with van der Waals surface area (Å²) in [5.41, 5.74) is 2.61. The monoisotopic (exact) mass is 323 g/mol. The molecule has 0 spiro atoms. The third-order valence-corrected chi connectivity index (χ3v) is 3.95. The zero-order valence-corrected chi connectivity index (χ0v) is 13.5. The molecule has 2 atom stereocenters. The second-order valence-electron chi connectivity index (χ2n) is 5.94. The fourth-order valence-corrected chi connectivity index (χ4v) is 2.73. The van der Waals surface area contributed by atoms with Gasteiger partial charge in [0.25, 0.3) is 0 Å². The molecule has 0 saturated carbocycles. The lowest BCUT2D eigenvalue weighted by atomic mass is 10.0. The number of rotatable bonds is 5. The Morgan fingerprint density at radius 1 is 1.17 bits per heavy atom. The minimum Gasteiger partial charge on any atom is -0.388 e. The molecule has 3 aromatic rings. The van der Waals surface area contributed by atoms with Gasteiger partial charge in [0.1, 0.15) is 0 Å². The van der Waals surface area contributed by atoms with Crippen molar-refractivity contribution in [2.45, 2.75) is 25.5 Å². The molecule has 0 radical (unpaired) electrons. The van der Waals surface area contributed by atoms with E-state index >= 15 is 0 Å². The van der Waals surface area contributed by atoms with Crippen LogP contribution in [0.1, 0.15) is 25.0 Å². The number of amides is 2. The lowest BCUT2D eigenvalue weighted by Crippen LogP contribution is -2.37. The van der Waals surface area contributed by atoms with E-state index in [1.165, 1.54) is 0 Å². The molecule has 0 saturated heterocycles. The van der Waals surface area contributed by atoms with E-state index in [1.54, 1.807) is 0 Å². The Kier molecular flexibility index (Phi) is 4.82. The first kappa shape index (κ1) is 16.1. The van der Waals surface area contributed by atoms with Crippen molar-refractivity contribution < 1.29 is 9.90 Å². The van der Waals surface area contributed by atoms with Gasteiger partial charge in [-0.3, -0.25) is 0 Å². The molecule has 24 heavy (non-hydrogen) atoms. The highest BCUT2D eigenvalue weighted by molar-refractivity contribution is 5.92. The van der Waals surface area contributed by atoms with Gasteiger partial charge < -0.3 is 20.7 Å². The highest BCUT2D eigenvalue weighted by Crippen LogP contribution is 2.19. The lowest BCUT2D eigenvalue weighted by molar-refractivity contribution is 0.155. The number of carbonyl (C=O) groups is 1. The molecule has 4 N–H and O–H groups in total. The lowest BCUT2D eigenvalue weighted by Gasteiger charge is -2.18. The Hall–Kier alpha value is -2.79. The molecule has 2 amide bonds. The SMILES string of the molecule is CC(CC(O)c1ccccc1)NC(=O)Nc1ccc2[nH]ccc2c1. The highest BCUT2D eigenvalue weighted by Gasteiger charge is 2.14. The van der Waals surface area contributed by atoms with E-state index in [4.69, 9.17) is 0 Å². The standard InChI is InChI=1S/C19H21N3O2/c1-13(11-18(23)14-5-3-2-4-6-14)21-19(24)22-16-7-8-17-15(12-16)9-10-20-17/h2-10,12-13,18,20,23H,11H2,1H3,(H2,21,22,24). The average molecular weight is 323 g/mol. The van der Waals surface area contributed by atoms with Gasteiger partial charge in [0.05, 0.1) is 6.10 Å². The summed E-state index contributed by atoms with van der Waals surface area (Å²) in [5.74, 6) is 0. The molecule has 5 heteroatoms. The van der Waals surface area contributed by atoms with Crippen molar-refractivity contribution in [3.05, 3.63) is 66.4 Å². The summed E-state index contributed by atoms with van der Waals surface area (Å²) in [5, 5.41) is 16.9. The topological polar surface area (TPSA) is 77.2 Å². The van der Waals surface area contributed by atoms with Crippen LogP contribution in [0.4, 0.5) is 10.5 Å². The van der Waals surface area contributed by atoms with Crippen LogP contribution in [0.2, 0.25) is 0 Å². The minimum absolute atomic E-state index is 0.156. The first-order chi connectivity index (χ1) is 11.6. The van der Waals surface area contributed by atoms with Gasteiger partial charge >= 0.3 is 6.03 Å². The van der Waals surface area contributed by atoms with Crippen molar-refractivity contribution in [3.63, 3.8) is 0 Å². The molecule has 1 heterocycles. The largest absolute Gasteiger partial charge is 0.388 e. The van der Waals surface area contributed by atoms with Crippen LogP contribution in [0, 0.1) is 0 Å². The number of fused-ring (bicyclic) bond motifs is 1. The molecule has 1 aromatic heterocycles. The number of aromatic nitrogens is 1. The normalized spacial score (nSPS) is 13.4. The van der Waals surface area contributed by atoms with Crippen molar-refractivity contribution in [1.29, 1.82) is 0 Å². The number of hydrogen-bond donors (Lipinski definition) is 4. The predicted octanol–water partition coefficient (Wildman–Crippen LogP) is 3.80. The zero-order valence-electron chi connectivity index (χ0n) is 13.5. The molecule has 2 unspecified atom stereocenters. The number of aliphatic hydroxyl groups is 1. The molecule has 0 fully saturated rings. The number of aromatic amines is 1. The predicted molar refractivity (Wildman–Crippen MR) is 95.9 cm³/mol. The maximum Gasteiger partial charge on any atom is 0.319 e. The van der Waals surface area contributed by atoms with Gasteiger partial charge in [0, 0.05) is 28.8 Å². The van der Waals surface area contributed by atoms with Crippen LogP contribution < -0.4 is 10.6 Å². The summed E-state index contributed by atoms with van der Waals surface area (Å²) < 4.78 is 0. The van der Waals surface area contributed by atoms with Crippen LogP contribution in [-0.4, -0.2) is 22.2 Å². The van der Waals surface area contributed by atoms with Crippen molar-refractivity contribution in [2.24, 2.45) is 0 Å². The fourth-order valence-electron chi connectivity index (χ4n) is 2.73. The van der Waals surface area contributed by atoms with Gasteiger partial charge in [-0.15, -0.1) is 0 Å². The van der Waals surface area contributed by atoms with Gasteiger partial charge in [-0.1, -0.05) is 30.3 Å². The minimum atomic E-state index is -0.599. The molecule has 2 aromatic carbocycles. The Bertz CT molecular complexity index is 814. The molecule has 0 bridgehead atoms. The number of H-pyrrole nitrogens is 1. The maximum absolute atomic E-state index is 12.1. The van der Waals surface area contributed by atoms with Crippen LogP contribution in [-0.2, 0) is 0 Å². The molecule has 0 aliphatic rings. The molecule has 0 aliphatic heterocycles. The number of nitrogens with one attached hydrogen (secondary N) is 3. The summed E-state index contributed by atoms with van der Waals surface area (Å²) in [7, 11) is 0. The Morgan fingerprint density at radius 2 is 1.96 bits per heavy atom. The Balaban J connectivity index is 1.54. The molecule has 124 valence electrons. The van der Waals surface area contributed by atoms with E-state index in [1.807, 2.05) is 67.7 Å². The Morgan fingerprint density at radius 3 is 2.75 bits per heavy atom. The fraction of sp³-hybridized carbons (Fsp3) is 0.211. The highest BCUT2D eigenvalue weighted by atomic mass is 16.3. The van der Waals surface area contributed by atoms with Crippen LogP contribution in [0.5, 0.6) is 0 Å². The van der Waals surface area contributed by atoms with E-state index in [2.05, 4.69) is 15.6 Å². The smallest absolute Gasteiger partial charge is 0.319 e. The van der Waals surface area contributed by atoms with E-state index in [-0.39, 0.29) is 12.1 Å². The average Bonchev–Trinajstić information content (AvgIpc) is 3.03. The second-order valence-corrected chi connectivity index (χ2v) is 5.94. The number of anilines is 1. The molecular formula is C19H21N3O2. The third kappa shape index (κ3) is 3.94. The van der Waals surface area contributed by atoms with Gasteiger partial charge in [-0.2, -0.15) is 0 Å². The first-order valence-corrected chi connectivity index (χ1v) is 7.99. The summed E-state index contributed by atoms with van der Waals surface area (Å²) in [4.78, 5) is 15.2. The van der Waals surface area contributed by atoms with Crippen molar-refractivity contribution in [1.82, 2.24) is 10.3 Å². The van der Waals surface area contributed by atoms with Crippen LogP contribution >= 0.6 is 0 Å². The quantitative estimate of drug-likeness (QED) is 0.576. The van der Waals surface area contributed by atoms with Gasteiger partial charge in [0.15, 0.2) is 0 Å². The molecular weight excluding hydrogens is 302 g/mol. The summed E-state index contributed by atoms with van der Waals surface area (Å²) in [6.45, 7) is 1.88. The summed E-state index contributed by atoms with van der Waals surface area (Å²) in [6, 6.07) is 16.6. The summed E-state index contributed by atoms with van der Waals surface area (Å²) >= 11 is 0. The van der Waals surface area contributed by atoms with Crippen molar-refractivity contribution in [2.75, 3.05) is 5.32 Å². The third-order valence-electron chi connectivity index (χ3n) is 3.95. The molecule has 3 rings (SSSR count). The van der Waals surface area contributed by atoms with Crippen molar-refractivity contribution >= 4 is 22.6 Å². The number of hydrogen-bond acceptors (Lipinski definition) is 2.